The summed E-state index contributed by atoms with van der Waals surface area (Å²) in [5.41, 5.74) is 7.07. The maximum atomic E-state index is 13.5. The van der Waals surface area contributed by atoms with Gasteiger partial charge in [-0.2, -0.15) is 4.98 Å². The Kier molecular flexibility index (Phi) is 12.4. The zero-order valence-electron chi connectivity index (χ0n) is 34.4. The first-order valence-corrected chi connectivity index (χ1v) is 23.8. The van der Waals surface area contributed by atoms with Gasteiger partial charge in [0.15, 0.2) is 0 Å². The van der Waals surface area contributed by atoms with Crippen molar-refractivity contribution in [3.63, 3.8) is 0 Å². The highest BCUT2D eigenvalue weighted by Crippen LogP contribution is 2.42. The molecule has 0 bridgehead atoms. The molecule has 0 aliphatic carbocycles. The Labute approximate surface area is 358 Å². The van der Waals surface area contributed by atoms with Gasteiger partial charge in [0, 0.05) is 94.3 Å². The topological polar surface area (TPSA) is 170 Å². The number of aryl methyl sites for hydroxylation is 1. The number of imide groups is 1. The summed E-state index contributed by atoms with van der Waals surface area (Å²) in [6.07, 6.45) is 7.96. The van der Waals surface area contributed by atoms with Crippen molar-refractivity contribution in [3.8, 4) is 5.75 Å². The van der Waals surface area contributed by atoms with Gasteiger partial charge in [-0.3, -0.25) is 34.7 Å². The molecule has 5 aromatic rings. The van der Waals surface area contributed by atoms with Crippen LogP contribution in [0.2, 0.25) is 0 Å². The van der Waals surface area contributed by atoms with Gasteiger partial charge in [0.25, 0.3) is 0 Å². The second kappa shape index (κ2) is 17.8. The molecule has 4 N–H and O–H groups in total. The van der Waals surface area contributed by atoms with Crippen molar-refractivity contribution in [1.29, 1.82) is 0 Å². The number of nitrogens with one attached hydrogen (secondary N) is 4. The first-order valence-electron chi connectivity index (χ1n) is 20.4. The standard InChI is InChI=1S/C43H51BrN11O4P/c1-27-22-35(50-43-47-25-31(44)41(52-43)49-33-9-8-32-39(46-15-14-45-32)40(33)60(3,4)58)37(59-2)24-36(27)55-16-12-30(13-17-55)54-20-18-53(19-21-54)26-28-6-5-7-29(23-28)48-34-10-11-38(56)51-42(34)57/h5-9,14-15,22-25,30,34,48H,10-13,16-21,26H2,1-4H3,(H,51,56,57)(H2,47,49,50,52). The highest BCUT2D eigenvalue weighted by Gasteiger charge is 2.30. The van der Waals surface area contributed by atoms with Crippen LogP contribution in [-0.2, 0) is 20.7 Å². The Hall–Kier alpha value is -5.15. The van der Waals surface area contributed by atoms with Crippen LogP contribution in [0.15, 0.2) is 71.6 Å². The molecule has 15 nitrogen and oxygen atoms in total. The lowest BCUT2D eigenvalue weighted by Gasteiger charge is -2.43. The van der Waals surface area contributed by atoms with E-state index in [9.17, 15) is 14.2 Å². The smallest absolute Gasteiger partial charge is 0.249 e. The molecule has 3 aliphatic rings. The molecular weight excluding hydrogens is 845 g/mol. The Morgan fingerprint density at radius 1 is 0.917 bits per heavy atom. The molecule has 0 spiro atoms. The van der Waals surface area contributed by atoms with Crippen molar-refractivity contribution in [2.75, 3.05) is 80.6 Å². The number of fused-ring (bicyclic) bond motifs is 1. The Balaban J connectivity index is 0.864. The highest BCUT2D eigenvalue weighted by molar-refractivity contribution is 9.10. The number of carbonyl (C=O) groups is 2. The molecule has 60 heavy (non-hydrogen) atoms. The maximum Gasteiger partial charge on any atom is 0.249 e. The van der Waals surface area contributed by atoms with Gasteiger partial charge in [0.2, 0.25) is 17.8 Å². The third-order valence-corrected chi connectivity index (χ3v) is 13.7. The van der Waals surface area contributed by atoms with E-state index in [1.807, 2.05) is 24.3 Å². The van der Waals surface area contributed by atoms with Crippen LogP contribution < -0.4 is 36.2 Å². The summed E-state index contributed by atoms with van der Waals surface area (Å²) in [7, 11) is -1.09. The van der Waals surface area contributed by atoms with Crippen molar-refractivity contribution in [3.05, 3.63) is 82.7 Å². The van der Waals surface area contributed by atoms with Gasteiger partial charge in [-0.15, -0.1) is 0 Å². The lowest BCUT2D eigenvalue weighted by atomic mass is 10.00. The number of anilines is 6. The number of rotatable bonds is 12. The first kappa shape index (κ1) is 41.6. The molecule has 2 amide bonds. The minimum atomic E-state index is -2.77. The second-order valence-corrected chi connectivity index (χ2v) is 20.1. The fraction of sp³-hybridized carbons (Fsp3) is 0.395. The van der Waals surface area contributed by atoms with Gasteiger partial charge in [0.1, 0.15) is 30.3 Å². The quantitative estimate of drug-likeness (QED) is 0.0821. The van der Waals surface area contributed by atoms with E-state index in [1.54, 1.807) is 39.0 Å². The van der Waals surface area contributed by atoms with E-state index >= 15 is 0 Å². The van der Waals surface area contributed by atoms with E-state index in [2.05, 4.69) is 98.0 Å². The first-order chi connectivity index (χ1) is 28.9. The van der Waals surface area contributed by atoms with E-state index < -0.39 is 7.14 Å². The lowest BCUT2D eigenvalue weighted by Crippen LogP contribution is -2.53. The van der Waals surface area contributed by atoms with Crippen LogP contribution >= 0.6 is 23.1 Å². The third-order valence-electron chi connectivity index (χ3n) is 11.6. The van der Waals surface area contributed by atoms with E-state index in [0.29, 0.717) is 62.9 Å². The second-order valence-electron chi connectivity index (χ2n) is 16.1. The number of benzene rings is 3. The maximum absolute atomic E-state index is 13.5. The zero-order chi connectivity index (χ0) is 42.0. The van der Waals surface area contributed by atoms with Crippen LogP contribution in [0, 0.1) is 6.92 Å². The Morgan fingerprint density at radius 3 is 2.45 bits per heavy atom. The number of amides is 2. The summed E-state index contributed by atoms with van der Waals surface area (Å²) in [4.78, 5) is 49.6. The molecule has 3 saturated heterocycles. The van der Waals surface area contributed by atoms with E-state index in [-0.39, 0.29) is 17.9 Å². The van der Waals surface area contributed by atoms with Crippen molar-refractivity contribution in [1.82, 2.24) is 35.1 Å². The molecule has 1 unspecified atom stereocenters. The Bertz CT molecular complexity index is 2450. The fourth-order valence-electron chi connectivity index (χ4n) is 8.52. The molecule has 314 valence electrons. The predicted molar refractivity (Wildman–Crippen MR) is 241 cm³/mol. The molecular formula is C43H51BrN11O4P. The molecule has 0 radical (unpaired) electrons. The SMILES string of the molecule is COc1cc(N2CCC(N3CCN(Cc4cccc(NC5CCC(=O)NC5=O)c4)CC3)CC2)c(C)cc1Nc1ncc(Br)c(Nc2ccc3nccnc3c2P(C)(C)=O)n1. The number of methoxy groups -OCH3 is 1. The number of piperazine rings is 1. The summed E-state index contributed by atoms with van der Waals surface area (Å²) in [6.45, 7) is 12.5. The van der Waals surface area contributed by atoms with Crippen molar-refractivity contribution < 1.29 is 18.9 Å². The van der Waals surface area contributed by atoms with Crippen molar-refractivity contribution in [2.24, 2.45) is 0 Å². The van der Waals surface area contributed by atoms with Crippen LogP contribution in [0.25, 0.3) is 11.0 Å². The summed E-state index contributed by atoms with van der Waals surface area (Å²) < 4.78 is 20.0. The molecule has 1 atom stereocenters. The van der Waals surface area contributed by atoms with Crippen molar-refractivity contribution >= 4 is 85.7 Å². The lowest BCUT2D eigenvalue weighted by molar-refractivity contribution is -0.133. The molecule has 3 fully saturated rings. The Morgan fingerprint density at radius 2 is 1.70 bits per heavy atom. The van der Waals surface area contributed by atoms with Crippen LogP contribution in [0.1, 0.15) is 36.8 Å². The van der Waals surface area contributed by atoms with Crippen LogP contribution in [0.4, 0.5) is 34.5 Å². The van der Waals surface area contributed by atoms with Crippen LogP contribution in [0.3, 0.4) is 0 Å². The molecule has 5 heterocycles. The molecule has 0 saturated carbocycles. The minimum Gasteiger partial charge on any atom is -0.494 e. The zero-order valence-corrected chi connectivity index (χ0v) is 36.9. The highest BCUT2D eigenvalue weighted by atomic mass is 79.9. The van der Waals surface area contributed by atoms with E-state index in [1.165, 1.54) is 5.56 Å². The molecule has 17 heteroatoms. The predicted octanol–water partition coefficient (Wildman–Crippen LogP) is 6.24. The molecule has 3 aliphatic heterocycles. The van der Waals surface area contributed by atoms with Gasteiger partial charge < -0.3 is 30.2 Å². The number of hydrogen-bond donors (Lipinski definition) is 4. The van der Waals surface area contributed by atoms with Gasteiger partial charge in [-0.05, 0) is 96.9 Å². The van der Waals surface area contributed by atoms with Gasteiger partial charge >= 0.3 is 0 Å². The molecule has 3 aromatic carbocycles. The van der Waals surface area contributed by atoms with Crippen molar-refractivity contribution in [2.45, 2.75) is 51.2 Å². The number of nitrogens with zero attached hydrogens (tertiary/aromatic N) is 7. The monoisotopic (exact) mass is 895 g/mol. The summed E-state index contributed by atoms with van der Waals surface area (Å²) in [5, 5.41) is 13.1. The van der Waals surface area contributed by atoms with Crippen LogP contribution in [-0.4, -0.2) is 113 Å². The number of hydrogen-bond acceptors (Lipinski definition) is 14. The summed E-state index contributed by atoms with van der Waals surface area (Å²) in [5.74, 6) is 1.12. The van der Waals surface area contributed by atoms with Gasteiger partial charge in [-0.1, -0.05) is 12.1 Å². The minimum absolute atomic E-state index is 0.205. The average Bonchev–Trinajstić information content (AvgIpc) is 3.23. The molecule has 2 aromatic heterocycles. The normalized spacial score (nSPS) is 18.4. The van der Waals surface area contributed by atoms with Crippen LogP contribution in [0.5, 0.6) is 5.75 Å². The molecule has 8 rings (SSSR count). The largest absolute Gasteiger partial charge is 0.494 e. The number of piperidine rings is 2. The fourth-order valence-corrected chi connectivity index (χ4v) is 10.2. The third kappa shape index (κ3) is 9.41. The number of carbonyl (C=O) groups excluding carboxylic acids is 2. The summed E-state index contributed by atoms with van der Waals surface area (Å²) in [6, 6.07) is 16.3. The van der Waals surface area contributed by atoms with E-state index in [0.717, 1.165) is 81.3 Å². The van der Waals surface area contributed by atoms with E-state index in [4.69, 9.17) is 9.72 Å². The number of ether oxygens (including phenoxy) is 1. The average molecular weight is 897 g/mol. The number of halogens is 1. The van der Waals surface area contributed by atoms with Gasteiger partial charge in [-0.25, -0.2) is 4.98 Å². The van der Waals surface area contributed by atoms with Gasteiger partial charge in [0.05, 0.1) is 33.8 Å². The summed E-state index contributed by atoms with van der Waals surface area (Å²) >= 11 is 3.59. The number of aromatic nitrogens is 4.